The third kappa shape index (κ3) is 6.39. The summed E-state index contributed by atoms with van der Waals surface area (Å²) in [5.74, 6) is 1.45. The Hall–Kier alpha value is -3.87. The van der Waals surface area contributed by atoms with Crippen LogP contribution in [0.15, 0.2) is 79.0 Å². The molecule has 1 aliphatic heterocycles. The number of benzene rings is 3. The van der Waals surface area contributed by atoms with Crippen molar-refractivity contribution >= 4 is 27.1 Å². The van der Waals surface area contributed by atoms with E-state index in [1.807, 2.05) is 6.07 Å². The van der Waals surface area contributed by atoms with E-state index in [0.29, 0.717) is 0 Å². The summed E-state index contributed by atoms with van der Waals surface area (Å²) in [4.78, 5) is 2.49. The summed E-state index contributed by atoms with van der Waals surface area (Å²) in [5, 5.41) is 0. The van der Waals surface area contributed by atoms with Gasteiger partial charge in [0.25, 0.3) is 0 Å². The highest BCUT2D eigenvalue weighted by molar-refractivity contribution is 7.79. The Morgan fingerprint density at radius 1 is 0.805 bits per heavy atom. The summed E-state index contributed by atoms with van der Waals surface area (Å²) in [7, 11) is -1.30. The second-order valence-electron chi connectivity index (χ2n) is 9.59. The van der Waals surface area contributed by atoms with Gasteiger partial charge in [0, 0.05) is 43.5 Å². The van der Waals surface area contributed by atoms with Gasteiger partial charge in [0.1, 0.15) is 5.65 Å². The van der Waals surface area contributed by atoms with Crippen molar-refractivity contribution in [3.8, 4) is 33.8 Å². The van der Waals surface area contributed by atoms with E-state index in [1.54, 1.807) is 14.2 Å². The van der Waals surface area contributed by atoms with E-state index in [0.717, 1.165) is 56.5 Å². The number of nitrogens with zero attached hydrogens (tertiary/aromatic N) is 3. The standard InChI is InChI=1S/C30H31N3O3.H2O4S/c1-34-27-13-12-23(20-28(27)35-2)29-24(22-8-4-3-5-9-22)21-33-26-11-7-6-10-25(26)32(30(29)33)15-14-31-16-18-36-19-17-31;1-5(2,3)4/h3-13,20-21H,14-19H2,1-2H3;(H2,1,2,3,4). The van der Waals surface area contributed by atoms with Crippen LogP contribution < -0.4 is 9.47 Å². The maximum atomic E-state index is 8.74. The number of rotatable bonds is 7. The predicted molar refractivity (Wildman–Crippen MR) is 158 cm³/mol. The van der Waals surface area contributed by atoms with Crippen molar-refractivity contribution in [2.75, 3.05) is 47.1 Å². The molecule has 0 radical (unpaired) electrons. The van der Waals surface area contributed by atoms with Gasteiger partial charge in [-0.15, -0.1) is 0 Å². The molecule has 0 saturated carbocycles. The number of imidazole rings is 1. The Labute approximate surface area is 238 Å². The van der Waals surface area contributed by atoms with Crippen molar-refractivity contribution in [1.82, 2.24) is 13.9 Å². The molecule has 0 aliphatic carbocycles. The van der Waals surface area contributed by atoms with Crippen molar-refractivity contribution < 1.29 is 31.7 Å². The summed E-state index contributed by atoms with van der Waals surface area (Å²) in [6, 6.07) is 25.5. The largest absolute Gasteiger partial charge is 0.493 e. The van der Waals surface area contributed by atoms with Crippen LogP contribution in [0.4, 0.5) is 0 Å². The summed E-state index contributed by atoms with van der Waals surface area (Å²) in [5.41, 5.74) is 8.32. The highest BCUT2D eigenvalue weighted by Gasteiger charge is 2.23. The molecule has 216 valence electrons. The van der Waals surface area contributed by atoms with Crippen LogP contribution in [-0.2, 0) is 21.7 Å². The smallest absolute Gasteiger partial charge is 0.394 e. The normalized spacial score (nSPS) is 14.1. The van der Waals surface area contributed by atoms with Gasteiger partial charge in [-0.05, 0) is 35.4 Å². The lowest BCUT2D eigenvalue weighted by Crippen LogP contribution is -2.38. The third-order valence-electron chi connectivity index (χ3n) is 7.17. The van der Waals surface area contributed by atoms with Gasteiger partial charge in [0.15, 0.2) is 11.5 Å². The molecule has 1 saturated heterocycles. The number of ether oxygens (including phenoxy) is 3. The molecule has 10 nitrogen and oxygen atoms in total. The van der Waals surface area contributed by atoms with Crippen molar-refractivity contribution in [3.05, 3.63) is 79.0 Å². The summed E-state index contributed by atoms with van der Waals surface area (Å²) >= 11 is 0. The van der Waals surface area contributed by atoms with Crippen LogP contribution in [0.2, 0.25) is 0 Å². The van der Waals surface area contributed by atoms with Gasteiger partial charge in [0.2, 0.25) is 0 Å². The van der Waals surface area contributed by atoms with Crippen LogP contribution in [0.5, 0.6) is 11.5 Å². The van der Waals surface area contributed by atoms with Gasteiger partial charge in [-0.1, -0.05) is 48.5 Å². The van der Waals surface area contributed by atoms with Crippen LogP contribution in [0.1, 0.15) is 0 Å². The summed E-state index contributed by atoms with van der Waals surface area (Å²) < 4.78 is 53.2. The zero-order valence-electron chi connectivity index (χ0n) is 22.9. The Morgan fingerprint density at radius 3 is 2.10 bits per heavy atom. The zero-order chi connectivity index (χ0) is 29.0. The van der Waals surface area contributed by atoms with E-state index in [9.17, 15) is 0 Å². The summed E-state index contributed by atoms with van der Waals surface area (Å²) in [6.45, 7) is 5.46. The number of hydrogen-bond acceptors (Lipinski definition) is 6. The van der Waals surface area contributed by atoms with Gasteiger partial charge >= 0.3 is 10.4 Å². The van der Waals surface area contributed by atoms with Crippen LogP contribution >= 0.6 is 0 Å². The Balaban J connectivity index is 0.000000623. The fraction of sp³-hybridized carbons (Fsp3) is 0.267. The first kappa shape index (κ1) is 28.7. The molecular weight excluding hydrogens is 546 g/mol. The first-order valence-corrected chi connectivity index (χ1v) is 14.6. The lowest BCUT2D eigenvalue weighted by molar-refractivity contribution is 0.0366. The van der Waals surface area contributed by atoms with Crippen molar-refractivity contribution in [2.24, 2.45) is 0 Å². The minimum absolute atomic E-state index is 0.726. The predicted octanol–water partition coefficient (Wildman–Crippen LogP) is 4.92. The number of morpholine rings is 1. The van der Waals surface area contributed by atoms with Gasteiger partial charge in [0.05, 0.1) is 38.5 Å². The molecule has 0 unspecified atom stereocenters. The average Bonchev–Trinajstić information content (AvgIpc) is 3.51. The molecule has 1 aliphatic rings. The lowest BCUT2D eigenvalue weighted by atomic mass is 9.98. The second-order valence-corrected chi connectivity index (χ2v) is 10.5. The quantitative estimate of drug-likeness (QED) is 0.261. The molecule has 0 amide bonds. The van der Waals surface area contributed by atoms with Crippen LogP contribution in [0.25, 0.3) is 38.9 Å². The number of para-hydroxylation sites is 2. The molecular formula is C30H33N3O7S. The number of methoxy groups -OCH3 is 2. The molecule has 2 aromatic heterocycles. The highest BCUT2D eigenvalue weighted by atomic mass is 32.3. The SMILES string of the molecule is COc1ccc(-c2c(-c3ccccc3)cn3c4ccccc4n(CCN4CCOCC4)c23)cc1OC.O=S(=O)(O)O. The molecule has 5 aromatic rings. The molecule has 6 rings (SSSR count). The molecule has 11 heteroatoms. The third-order valence-corrected chi connectivity index (χ3v) is 7.17. The minimum Gasteiger partial charge on any atom is -0.493 e. The number of aromatic nitrogens is 2. The maximum absolute atomic E-state index is 8.74. The maximum Gasteiger partial charge on any atom is 0.394 e. The number of hydrogen-bond donors (Lipinski definition) is 2. The molecule has 3 heterocycles. The highest BCUT2D eigenvalue weighted by Crippen LogP contribution is 2.42. The fourth-order valence-corrected chi connectivity index (χ4v) is 5.36. The zero-order valence-corrected chi connectivity index (χ0v) is 23.8. The van der Waals surface area contributed by atoms with E-state index >= 15 is 0 Å². The fourth-order valence-electron chi connectivity index (χ4n) is 5.36. The van der Waals surface area contributed by atoms with Gasteiger partial charge < -0.3 is 18.8 Å². The van der Waals surface area contributed by atoms with Crippen molar-refractivity contribution in [2.45, 2.75) is 6.54 Å². The lowest BCUT2D eigenvalue weighted by Gasteiger charge is -2.26. The van der Waals surface area contributed by atoms with E-state index in [4.69, 9.17) is 31.7 Å². The molecule has 3 aromatic carbocycles. The second kappa shape index (κ2) is 12.3. The van der Waals surface area contributed by atoms with E-state index < -0.39 is 10.4 Å². The monoisotopic (exact) mass is 579 g/mol. The molecule has 0 spiro atoms. The van der Waals surface area contributed by atoms with E-state index in [1.165, 1.54) is 33.4 Å². The van der Waals surface area contributed by atoms with Gasteiger partial charge in [-0.2, -0.15) is 8.42 Å². The van der Waals surface area contributed by atoms with Crippen LogP contribution in [0.3, 0.4) is 0 Å². The molecule has 41 heavy (non-hydrogen) atoms. The topological polar surface area (TPSA) is 115 Å². The summed E-state index contributed by atoms with van der Waals surface area (Å²) in [6.07, 6.45) is 2.28. The molecule has 0 bridgehead atoms. The first-order chi connectivity index (χ1) is 19.8. The molecule has 2 N–H and O–H groups in total. The van der Waals surface area contributed by atoms with Gasteiger partial charge in [-0.3, -0.25) is 18.4 Å². The van der Waals surface area contributed by atoms with Crippen LogP contribution in [0, 0.1) is 0 Å². The number of fused-ring (bicyclic) bond motifs is 3. The Bertz CT molecular complexity index is 1730. The Morgan fingerprint density at radius 2 is 1.44 bits per heavy atom. The van der Waals surface area contributed by atoms with E-state index in [2.05, 4.69) is 86.8 Å². The minimum atomic E-state index is -4.67. The first-order valence-electron chi connectivity index (χ1n) is 13.2. The average molecular weight is 580 g/mol. The Kier molecular flexibility index (Phi) is 8.62. The van der Waals surface area contributed by atoms with E-state index in [-0.39, 0.29) is 0 Å². The molecule has 0 atom stereocenters. The molecule has 1 fully saturated rings. The van der Waals surface area contributed by atoms with Crippen molar-refractivity contribution in [3.63, 3.8) is 0 Å². The van der Waals surface area contributed by atoms with Crippen molar-refractivity contribution in [1.29, 1.82) is 0 Å². The van der Waals surface area contributed by atoms with Gasteiger partial charge in [-0.25, -0.2) is 0 Å². The van der Waals surface area contributed by atoms with Crippen LogP contribution in [-0.4, -0.2) is 78.5 Å².